The third-order valence-corrected chi connectivity index (χ3v) is 6.09. The number of carbonyl (C=O) groups is 2. The van der Waals surface area contributed by atoms with E-state index in [-0.39, 0.29) is 17.9 Å². The molecule has 1 atom stereocenters. The van der Waals surface area contributed by atoms with Gasteiger partial charge >= 0.3 is 0 Å². The molecule has 0 aromatic carbocycles. The van der Waals surface area contributed by atoms with Crippen LogP contribution in [0.1, 0.15) is 78.1 Å². The monoisotopic (exact) mass is 292 g/mol. The zero-order valence-corrected chi connectivity index (χ0v) is 13.4. The maximum absolute atomic E-state index is 13.3. The predicted molar refractivity (Wildman–Crippen MR) is 81.8 cm³/mol. The van der Waals surface area contributed by atoms with Gasteiger partial charge in [-0.2, -0.15) is 0 Å². The van der Waals surface area contributed by atoms with E-state index in [9.17, 15) is 9.59 Å². The zero-order chi connectivity index (χ0) is 15.1. The largest absolute Gasteiger partial charge is 0.340 e. The standard InChI is InChI=1S/C17H28N2O2/c1-3-16(2)14(20)18-17(11-7-4-8-12-17)15(21)19(16)13-9-5-6-10-13/h13H,3-12H2,1-2H3,(H,18,20). The molecule has 3 rings (SSSR count). The summed E-state index contributed by atoms with van der Waals surface area (Å²) >= 11 is 0. The van der Waals surface area contributed by atoms with Crippen molar-refractivity contribution in [2.45, 2.75) is 95.2 Å². The van der Waals surface area contributed by atoms with Crippen molar-refractivity contribution in [3.8, 4) is 0 Å². The molecular formula is C17H28N2O2. The highest BCUT2D eigenvalue weighted by molar-refractivity contribution is 6.02. The summed E-state index contributed by atoms with van der Waals surface area (Å²) in [6.07, 6.45) is 10.1. The molecule has 0 radical (unpaired) electrons. The fourth-order valence-corrected chi connectivity index (χ4v) is 4.53. The van der Waals surface area contributed by atoms with E-state index in [1.165, 1.54) is 19.3 Å². The van der Waals surface area contributed by atoms with Crippen LogP contribution in [0.25, 0.3) is 0 Å². The highest BCUT2D eigenvalue weighted by Gasteiger charge is 2.57. The second-order valence-corrected chi connectivity index (χ2v) is 7.34. The van der Waals surface area contributed by atoms with Gasteiger partial charge in [-0.1, -0.05) is 39.0 Å². The minimum absolute atomic E-state index is 0.0680. The minimum atomic E-state index is -0.658. The smallest absolute Gasteiger partial charge is 0.249 e. The van der Waals surface area contributed by atoms with Crippen LogP contribution in [-0.4, -0.2) is 33.8 Å². The molecule has 2 amide bonds. The predicted octanol–water partition coefficient (Wildman–Crippen LogP) is 2.76. The van der Waals surface area contributed by atoms with Crippen LogP contribution in [0.2, 0.25) is 0 Å². The van der Waals surface area contributed by atoms with Crippen molar-refractivity contribution in [3.63, 3.8) is 0 Å². The van der Waals surface area contributed by atoms with Gasteiger partial charge in [-0.15, -0.1) is 0 Å². The maximum atomic E-state index is 13.3. The Labute approximate surface area is 127 Å². The van der Waals surface area contributed by atoms with E-state index in [1.54, 1.807) is 0 Å². The molecule has 4 heteroatoms. The molecule has 21 heavy (non-hydrogen) atoms. The molecule has 1 spiro atoms. The number of amides is 2. The lowest BCUT2D eigenvalue weighted by Crippen LogP contribution is -2.76. The molecule has 1 unspecified atom stereocenters. The minimum Gasteiger partial charge on any atom is -0.340 e. The second kappa shape index (κ2) is 5.29. The van der Waals surface area contributed by atoms with Crippen molar-refractivity contribution >= 4 is 11.8 Å². The maximum Gasteiger partial charge on any atom is 0.249 e. The van der Waals surface area contributed by atoms with Gasteiger partial charge in [0.05, 0.1) is 0 Å². The first-order chi connectivity index (χ1) is 10.0. The molecule has 2 saturated carbocycles. The van der Waals surface area contributed by atoms with Crippen molar-refractivity contribution in [2.75, 3.05) is 0 Å². The van der Waals surface area contributed by atoms with Crippen LogP contribution >= 0.6 is 0 Å². The lowest BCUT2D eigenvalue weighted by Gasteiger charge is -2.54. The van der Waals surface area contributed by atoms with E-state index in [0.717, 1.165) is 38.5 Å². The van der Waals surface area contributed by atoms with Gasteiger partial charge in [0.25, 0.3) is 0 Å². The molecular weight excluding hydrogens is 264 g/mol. The SMILES string of the molecule is CCC1(C)C(=O)NC2(CCCCC2)C(=O)N1C1CCCC1. The third-order valence-electron chi connectivity index (χ3n) is 6.09. The third kappa shape index (κ3) is 2.18. The Hall–Kier alpha value is -1.06. The van der Waals surface area contributed by atoms with Crippen LogP contribution in [0.5, 0.6) is 0 Å². The number of rotatable bonds is 2. The van der Waals surface area contributed by atoms with Crippen molar-refractivity contribution in [1.29, 1.82) is 0 Å². The molecule has 0 aromatic rings. The molecule has 4 nitrogen and oxygen atoms in total. The van der Waals surface area contributed by atoms with Crippen LogP contribution in [0.15, 0.2) is 0 Å². The first-order valence-electron chi connectivity index (χ1n) is 8.70. The number of nitrogens with one attached hydrogen (secondary N) is 1. The summed E-state index contributed by atoms with van der Waals surface area (Å²) in [6.45, 7) is 3.97. The molecule has 1 heterocycles. The number of carbonyl (C=O) groups excluding carboxylic acids is 2. The van der Waals surface area contributed by atoms with Gasteiger partial charge in [0.15, 0.2) is 0 Å². The first kappa shape index (κ1) is 14.9. The summed E-state index contributed by atoms with van der Waals surface area (Å²) in [6, 6.07) is 0.271. The molecule has 2 aliphatic carbocycles. The Morgan fingerprint density at radius 2 is 1.71 bits per heavy atom. The molecule has 118 valence electrons. The van der Waals surface area contributed by atoms with Gasteiger partial charge in [-0.05, 0) is 39.0 Å². The zero-order valence-electron chi connectivity index (χ0n) is 13.4. The number of hydrogen-bond donors (Lipinski definition) is 1. The van der Waals surface area contributed by atoms with E-state index in [2.05, 4.69) is 5.32 Å². The molecule has 1 saturated heterocycles. The normalized spacial score (nSPS) is 33.5. The summed E-state index contributed by atoms with van der Waals surface area (Å²) in [5, 5.41) is 3.15. The second-order valence-electron chi connectivity index (χ2n) is 7.34. The number of piperazine rings is 1. The van der Waals surface area contributed by atoms with Crippen LogP contribution in [-0.2, 0) is 9.59 Å². The molecule has 3 fully saturated rings. The van der Waals surface area contributed by atoms with Gasteiger partial charge in [0.1, 0.15) is 11.1 Å². The lowest BCUT2D eigenvalue weighted by molar-refractivity contribution is -0.167. The van der Waals surface area contributed by atoms with E-state index >= 15 is 0 Å². The highest BCUT2D eigenvalue weighted by Crippen LogP contribution is 2.41. The molecule has 1 N–H and O–H groups in total. The summed E-state index contributed by atoms with van der Waals surface area (Å²) in [4.78, 5) is 28.2. The van der Waals surface area contributed by atoms with Gasteiger partial charge in [-0.25, -0.2) is 0 Å². The van der Waals surface area contributed by atoms with E-state index in [0.29, 0.717) is 6.42 Å². The molecule has 0 aromatic heterocycles. The average molecular weight is 292 g/mol. The van der Waals surface area contributed by atoms with E-state index in [4.69, 9.17) is 0 Å². The average Bonchev–Trinajstić information content (AvgIpc) is 3.00. The summed E-state index contributed by atoms with van der Waals surface area (Å²) < 4.78 is 0. The van der Waals surface area contributed by atoms with Crippen molar-refractivity contribution in [2.24, 2.45) is 0 Å². The van der Waals surface area contributed by atoms with Crippen LogP contribution in [0.4, 0.5) is 0 Å². The van der Waals surface area contributed by atoms with Gasteiger partial charge < -0.3 is 10.2 Å². The number of hydrogen-bond acceptors (Lipinski definition) is 2. The Morgan fingerprint density at radius 3 is 2.29 bits per heavy atom. The Kier molecular flexibility index (Phi) is 3.74. The topological polar surface area (TPSA) is 49.4 Å². The van der Waals surface area contributed by atoms with Gasteiger partial charge in [0, 0.05) is 6.04 Å². The fourth-order valence-electron chi connectivity index (χ4n) is 4.53. The fraction of sp³-hybridized carbons (Fsp3) is 0.882. The molecule has 1 aliphatic heterocycles. The Bertz CT molecular complexity index is 436. The van der Waals surface area contributed by atoms with Crippen LogP contribution in [0.3, 0.4) is 0 Å². The van der Waals surface area contributed by atoms with E-state index < -0.39 is 11.1 Å². The summed E-state index contributed by atoms with van der Waals surface area (Å²) in [5.41, 5.74) is -1.25. The van der Waals surface area contributed by atoms with Crippen molar-refractivity contribution in [1.82, 2.24) is 10.2 Å². The number of nitrogens with zero attached hydrogens (tertiary/aromatic N) is 1. The van der Waals surface area contributed by atoms with Gasteiger partial charge in [0.2, 0.25) is 11.8 Å². The lowest BCUT2D eigenvalue weighted by atomic mass is 9.75. The van der Waals surface area contributed by atoms with Crippen molar-refractivity contribution < 1.29 is 9.59 Å². The quantitative estimate of drug-likeness (QED) is 0.851. The van der Waals surface area contributed by atoms with Crippen LogP contribution < -0.4 is 5.32 Å². The summed E-state index contributed by atoms with van der Waals surface area (Å²) in [7, 11) is 0. The Balaban J connectivity index is 1.97. The Morgan fingerprint density at radius 1 is 1.10 bits per heavy atom. The molecule has 0 bridgehead atoms. The summed E-state index contributed by atoms with van der Waals surface area (Å²) in [5.74, 6) is 0.274. The van der Waals surface area contributed by atoms with Crippen LogP contribution in [0, 0.1) is 0 Å². The van der Waals surface area contributed by atoms with E-state index in [1.807, 2.05) is 18.7 Å². The molecule has 3 aliphatic rings. The van der Waals surface area contributed by atoms with Gasteiger partial charge in [-0.3, -0.25) is 9.59 Å². The van der Waals surface area contributed by atoms with Crippen molar-refractivity contribution in [3.05, 3.63) is 0 Å². The highest BCUT2D eigenvalue weighted by atomic mass is 16.2. The first-order valence-corrected chi connectivity index (χ1v) is 8.70.